The maximum atomic E-state index is 11.5. The minimum absolute atomic E-state index is 0.0362. The normalized spacial score (nSPS) is 20.9. The van der Waals surface area contributed by atoms with Gasteiger partial charge in [-0.05, 0) is 24.0 Å². The van der Waals surface area contributed by atoms with E-state index in [2.05, 4.69) is 15.6 Å². The van der Waals surface area contributed by atoms with E-state index in [0.717, 1.165) is 5.56 Å². The molecule has 1 aliphatic rings. The van der Waals surface area contributed by atoms with Gasteiger partial charge < -0.3 is 10.6 Å². The molecule has 1 saturated heterocycles. The van der Waals surface area contributed by atoms with Crippen LogP contribution in [0.25, 0.3) is 0 Å². The molecule has 2 amide bonds. The van der Waals surface area contributed by atoms with Gasteiger partial charge in [0.1, 0.15) is 0 Å². The van der Waals surface area contributed by atoms with Crippen LogP contribution in [0.5, 0.6) is 0 Å². The number of amides is 2. The van der Waals surface area contributed by atoms with Gasteiger partial charge in [0.15, 0.2) is 9.84 Å². The monoisotopic (exact) mass is 283 g/mol. The Bertz CT molecular complexity index is 530. The summed E-state index contributed by atoms with van der Waals surface area (Å²) in [5.74, 6) is 0.446. The molecule has 0 saturated carbocycles. The summed E-state index contributed by atoms with van der Waals surface area (Å²) in [7, 11) is -2.88. The van der Waals surface area contributed by atoms with Crippen molar-refractivity contribution in [2.75, 3.05) is 18.1 Å². The molecule has 0 aromatic carbocycles. The van der Waals surface area contributed by atoms with Crippen LogP contribution in [0.3, 0.4) is 0 Å². The summed E-state index contributed by atoms with van der Waals surface area (Å²) in [6.07, 6.45) is 3.99. The smallest absolute Gasteiger partial charge is 0.315 e. The fourth-order valence-electron chi connectivity index (χ4n) is 2.02. The van der Waals surface area contributed by atoms with Crippen molar-refractivity contribution in [1.29, 1.82) is 0 Å². The predicted molar refractivity (Wildman–Crippen MR) is 71.2 cm³/mol. The van der Waals surface area contributed by atoms with Gasteiger partial charge in [0.25, 0.3) is 0 Å². The van der Waals surface area contributed by atoms with E-state index < -0.39 is 9.84 Å². The molecular weight excluding hydrogens is 266 g/mol. The van der Waals surface area contributed by atoms with Gasteiger partial charge in [0.2, 0.25) is 0 Å². The Morgan fingerprint density at radius 1 is 1.42 bits per heavy atom. The number of aromatic nitrogens is 1. The van der Waals surface area contributed by atoms with Crippen LogP contribution in [0.1, 0.15) is 12.0 Å². The molecule has 1 aliphatic heterocycles. The van der Waals surface area contributed by atoms with E-state index in [-0.39, 0.29) is 23.5 Å². The van der Waals surface area contributed by atoms with Gasteiger partial charge >= 0.3 is 6.03 Å². The topological polar surface area (TPSA) is 88.2 Å². The van der Waals surface area contributed by atoms with E-state index in [1.54, 1.807) is 18.5 Å². The highest BCUT2D eigenvalue weighted by molar-refractivity contribution is 7.91. The van der Waals surface area contributed by atoms with Gasteiger partial charge in [-0.25, -0.2) is 13.2 Å². The molecule has 7 heteroatoms. The first-order chi connectivity index (χ1) is 9.05. The Hall–Kier alpha value is -1.63. The number of carbonyl (C=O) groups excluding carboxylic acids is 1. The average Bonchev–Trinajstić information content (AvgIpc) is 2.75. The summed E-state index contributed by atoms with van der Waals surface area (Å²) < 4.78 is 22.5. The second-order valence-corrected chi connectivity index (χ2v) is 6.92. The first-order valence-corrected chi connectivity index (χ1v) is 7.98. The minimum atomic E-state index is -2.88. The molecule has 6 nitrogen and oxygen atoms in total. The molecule has 104 valence electrons. The van der Waals surface area contributed by atoms with Crippen LogP contribution in [0.4, 0.5) is 4.79 Å². The molecule has 1 aromatic rings. The average molecular weight is 283 g/mol. The summed E-state index contributed by atoms with van der Waals surface area (Å²) >= 11 is 0. The van der Waals surface area contributed by atoms with Crippen LogP contribution >= 0.6 is 0 Å². The van der Waals surface area contributed by atoms with E-state index in [1.165, 1.54) is 0 Å². The summed E-state index contributed by atoms with van der Waals surface area (Å²) in [6.45, 7) is 0.806. The first kappa shape index (κ1) is 13.8. The fraction of sp³-hybridized carbons (Fsp3) is 0.500. The second kappa shape index (κ2) is 6.01. The lowest BCUT2D eigenvalue weighted by atomic mass is 10.1. The van der Waals surface area contributed by atoms with Gasteiger partial charge in [-0.15, -0.1) is 0 Å². The number of rotatable bonds is 4. The van der Waals surface area contributed by atoms with Crippen LogP contribution in [-0.4, -0.2) is 37.5 Å². The summed E-state index contributed by atoms with van der Waals surface area (Å²) in [5.41, 5.74) is 0.918. The highest BCUT2D eigenvalue weighted by atomic mass is 32.2. The SMILES string of the molecule is O=C(NCc1cccnc1)NCC1CCS(=O)(=O)C1. The predicted octanol–water partition coefficient (Wildman–Crippen LogP) is 0.316. The summed E-state index contributed by atoms with van der Waals surface area (Å²) in [5, 5.41) is 5.40. The molecule has 0 aliphatic carbocycles. The summed E-state index contributed by atoms with van der Waals surface area (Å²) in [6, 6.07) is 3.39. The van der Waals surface area contributed by atoms with Gasteiger partial charge in [0, 0.05) is 25.5 Å². The number of hydrogen-bond donors (Lipinski definition) is 2. The number of nitrogens with zero attached hydrogens (tertiary/aromatic N) is 1. The lowest BCUT2D eigenvalue weighted by Gasteiger charge is -2.10. The molecule has 19 heavy (non-hydrogen) atoms. The van der Waals surface area contributed by atoms with Crippen molar-refractivity contribution in [2.45, 2.75) is 13.0 Å². The highest BCUT2D eigenvalue weighted by Gasteiger charge is 2.27. The van der Waals surface area contributed by atoms with Crippen LogP contribution in [0.15, 0.2) is 24.5 Å². The third-order valence-electron chi connectivity index (χ3n) is 3.05. The van der Waals surface area contributed by atoms with Crippen LogP contribution in [-0.2, 0) is 16.4 Å². The zero-order chi connectivity index (χ0) is 13.7. The van der Waals surface area contributed by atoms with Crippen molar-refractivity contribution < 1.29 is 13.2 Å². The Balaban J connectivity index is 1.68. The van der Waals surface area contributed by atoms with E-state index in [1.807, 2.05) is 6.07 Å². The molecule has 1 fully saturated rings. The molecule has 2 heterocycles. The van der Waals surface area contributed by atoms with Crippen LogP contribution in [0, 0.1) is 5.92 Å². The maximum absolute atomic E-state index is 11.5. The number of pyridine rings is 1. The number of carbonyl (C=O) groups is 1. The molecule has 1 aromatic heterocycles. The number of urea groups is 1. The van der Waals surface area contributed by atoms with Gasteiger partial charge in [-0.3, -0.25) is 4.98 Å². The zero-order valence-corrected chi connectivity index (χ0v) is 11.3. The largest absolute Gasteiger partial charge is 0.338 e. The van der Waals surface area contributed by atoms with Crippen molar-refractivity contribution in [1.82, 2.24) is 15.6 Å². The Morgan fingerprint density at radius 3 is 2.89 bits per heavy atom. The number of nitrogens with one attached hydrogen (secondary N) is 2. The van der Waals surface area contributed by atoms with Gasteiger partial charge in [-0.1, -0.05) is 6.07 Å². The maximum Gasteiger partial charge on any atom is 0.315 e. The molecule has 0 spiro atoms. The Kier molecular flexibility index (Phi) is 4.36. The molecule has 1 atom stereocenters. The third-order valence-corrected chi connectivity index (χ3v) is 4.89. The molecule has 0 radical (unpaired) electrons. The zero-order valence-electron chi connectivity index (χ0n) is 10.5. The summed E-state index contributed by atoms with van der Waals surface area (Å²) in [4.78, 5) is 15.5. The van der Waals surface area contributed by atoms with Crippen molar-refractivity contribution in [3.8, 4) is 0 Å². The first-order valence-electron chi connectivity index (χ1n) is 6.16. The molecular formula is C12H17N3O3S. The van der Waals surface area contributed by atoms with Gasteiger partial charge in [0.05, 0.1) is 11.5 Å². The number of hydrogen-bond acceptors (Lipinski definition) is 4. The highest BCUT2D eigenvalue weighted by Crippen LogP contribution is 2.17. The van der Waals surface area contributed by atoms with Gasteiger partial charge in [-0.2, -0.15) is 0 Å². The van der Waals surface area contributed by atoms with Crippen LogP contribution in [0.2, 0.25) is 0 Å². The Labute approximate surface area is 112 Å². The van der Waals surface area contributed by atoms with Crippen molar-refractivity contribution in [3.63, 3.8) is 0 Å². The molecule has 0 bridgehead atoms. The minimum Gasteiger partial charge on any atom is -0.338 e. The van der Waals surface area contributed by atoms with Crippen molar-refractivity contribution >= 4 is 15.9 Å². The standard InChI is InChI=1S/C12H17N3O3S/c16-12(14-7-10-2-1-4-13-6-10)15-8-11-3-5-19(17,18)9-11/h1-2,4,6,11H,3,5,7-9H2,(H2,14,15,16). The quantitative estimate of drug-likeness (QED) is 0.832. The molecule has 1 unspecified atom stereocenters. The van der Waals surface area contributed by atoms with E-state index in [0.29, 0.717) is 19.5 Å². The van der Waals surface area contributed by atoms with Crippen molar-refractivity contribution in [2.24, 2.45) is 5.92 Å². The number of sulfone groups is 1. The van der Waals surface area contributed by atoms with Crippen LogP contribution < -0.4 is 10.6 Å². The Morgan fingerprint density at radius 2 is 2.26 bits per heavy atom. The lowest BCUT2D eigenvalue weighted by molar-refractivity contribution is 0.239. The van der Waals surface area contributed by atoms with E-state index in [4.69, 9.17) is 0 Å². The second-order valence-electron chi connectivity index (χ2n) is 4.69. The van der Waals surface area contributed by atoms with E-state index in [9.17, 15) is 13.2 Å². The van der Waals surface area contributed by atoms with Crippen molar-refractivity contribution in [3.05, 3.63) is 30.1 Å². The molecule has 2 rings (SSSR count). The molecule has 2 N–H and O–H groups in total. The lowest BCUT2D eigenvalue weighted by Crippen LogP contribution is -2.38. The van der Waals surface area contributed by atoms with E-state index >= 15 is 0 Å². The fourth-order valence-corrected chi connectivity index (χ4v) is 3.88. The third kappa shape index (κ3) is 4.51.